The van der Waals surface area contributed by atoms with E-state index in [4.69, 9.17) is 4.98 Å². The number of rotatable bonds is 5. The molecule has 2 unspecified atom stereocenters. The number of carbonyl (C=O) groups excluding carboxylic acids is 2. The van der Waals surface area contributed by atoms with Crippen LogP contribution in [0, 0.1) is 5.92 Å². The number of likely N-dealkylation sites (tertiary alicyclic amines) is 1. The summed E-state index contributed by atoms with van der Waals surface area (Å²) in [5.41, 5.74) is 2.62. The summed E-state index contributed by atoms with van der Waals surface area (Å²) in [5, 5.41) is 3.12. The molecule has 1 aromatic carbocycles. The zero-order chi connectivity index (χ0) is 18.4. The number of carbonyl (C=O) groups is 2. The minimum Gasteiger partial charge on any atom is -0.355 e. The van der Waals surface area contributed by atoms with Gasteiger partial charge in [0.1, 0.15) is 5.82 Å². The van der Waals surface area contributed by atoms with Crippen molar-refractivity contribution in [1.29, 1.82) is 0 Å². The molecule has 1 saturated heterocycles. The van der Waals surface area contributed by atoms with Crippen molar-refractivity contribution in [3.63, 3.8) is 0 Å². The van der Waals surface area contributed by atoms with Crippen molar-refractivity contribution in [2.75, 3.05) is 26.2 Å². The number of imidazole rings is 1. The highest BCUT2D eigenvalue weighted by Gasteiger charge is 2.47. The van der Waals surface area contributed by atoms with Crippen LogP contribution < -0.4 is 5.32 Å². The predicted molar refractivity (Wildman–Crippen MR) is 103 cm³/mol. The van der Waals surface area contributed by atoms with Crippen LogP contribution in [0.1, 0.15) is 54.2 Å². The number of amides is 1. The van der Waals surface area contributed by atoms with Crippen LogP contribution in [0.15, 0.2) is 18.2 Å². The number of hydrogen-bond acceptors (Lipinski definition) is 4. The quantitative estimate of drug-likeness (QED) is 0.882. The maximum Gasteiger partial charge on any atom is 0.223 e. The number of Topliss-reactive ketones (excluding diaryl/α,β-unsaturated/α-hetero) is 1. The van der Waals surface area contributed by atoms with Crippen LogP contribution in [0.25, 0.3) is 11.0 Å². The highest BCUT2D eigenvalue weighted by molar-refractivity contribution is 6.07. The van der Waals surface area contributed by atoms with Crippen molar-refractivity contribution in [1.82, 2.24) is 19.8 Å². The van der Waals surface area contributed by atoms with Gasteiger partial charge in [-0.05, 0) is 44.5 Å². The van der Waals surface area contributed by atoms with E-state index < -0.39 is 0 Å². The Morgan fingerprint density at radius 1 is 1.19 bits per heavy atom. The maximum atomic E-state index is 12.6. The number of piperidine rings is 1. The van der Waals surface area contributed by atoms with Crippen molar-refractivity contribution >= 4 is 22.7 Å². The van der Waals surface area contributed by atoms with Gasteiger partial charge in [0, 0.05) is 43.5 Å². The average Bonchev–Trinajstić information content (AvgIpc) is 3.41. The van der Waals surface area contributed by atoms with Gasteiger partial charge in [0.25, 0.3) is 0 Å². The summed E-state index contributed by atoms with van der Waals surface area (Å²) in [4.78, 5) is 32.0. The molecule has 3 heterocycles. The van der Waals surface area contributed by atoms with E-state index in [1.807, 2.05) is 18.2 Å². The van der Waals surface area contributed by atoms with Crippen molar-refractivity contribution in [2.24, 2.45) is 5.92 Å². The molecular formula is C21H26N4O2. The Balaban J connectivity index is 1.25. The lowest BCUT2D eigenvalue weighted by atomic mass is 10.0. The molecule has 3 aliphatic rings. The van der Waals surface area contributed by atoms with Crippen molar-refractivity contribution in [3.05, 3.63) is 29.6 Å². The first-order valence-electron chi connectivity index (χ1n) is 10.2. The summed E-state index contributed by atoms with van der Waals surface area (Å²) >= 11 is 0. The third kappa shape index (κ3) is 3.06. The second-order valence-electron chi connectivity index (χ2n) is 8.11. The number of aryl methyl sites for hydroxylation is 1. The van der Waals surface area contributed by atoms with Gasteiger partial charge in [-0.15, -0.1) is 0 Å². The summed E-state index contributed by atoms with van der Waals surface area (Å²) < 4.78 is 2.18. The Hall–Kier alpha value is -2.21. The lowest BCUT2D eigenvalue weighted by Crippen LogP contribution is -2.38. The van der Waals surface area contributed by atoms with Crippen LogP contribution >= 0.6 is 0 Å². The lowest BCUT2D eigenvalue weighted by molar-refractivity contribution is -0.122. The SMILES string of the molecule is O=C1CCn2c(C3CC3C(=O)NCCN3CCCCC3)nc3cccc1c32. The second-order valence-corrected chi connectivity index (χ2v) is 8.11. The van der Waals surface area contributed by atoms with Crippen LogP contribution in [0.2, 0.25) is 0 Å². The van der Waals surface area contributed by atoms with Crippen LogP contribution in [-0.2, 0) is 11.3 Å². The molecule has 6 nitrogen and oxygen atoms in total. The Labute approximate surface area is 158 Å². The van der Waals surface area contributed by atoms with E-state index >= 15 is 0 Å². The molecule has 0 radical (unpaired) electrons. The van der Waals surface area contributed by atoms with Crippen LogP contribution in [0.5, 0.6) is 0 Å². The molecule has 2 fully saturated rings. The fourth-order valence-corrected chi connectivity index (χ4v) is 4.71. The first-order valence-corrected chi connectivity index (χ1v) is 10.2. The topological polar surface area (TPSA) is 67.2 Å². The summed E-state index contributed by atoms with van der Waals surface area (Å²) in [6.45, 7) is 4.69. The van der Waals surface area contributed by atoms with Gasteiger partial charge in [-0.2, -0.15) is 0 Å². The minimum absolute atomic E-state index is 0.0282. The van der Waals surface area contributed by atoms with Gasteiger partial charge < -0.3 is 14.8 Å². The first kappa shape index (κ1) is 16.9. The van der Waals surface area contributed by atoms with E-state index in [2.05, 4.69) is 14.8 Å². The molecule has 2 aromatic rings. The van der Waals surface area contributed by atoms with Gasteiger partial charge in [-0.3, -0.25) is 9.59 Å². The van der Waals surface area contributed by atoms with E-state index in [1.54, 1.807) is 0 Å². The smallest absolute Gasteiger partial charge is 0.223 e. The molecule has 2 aliphatic heterocycles. The Morgan fingerprint density at radius 3 is 2.89 bits per heavy atom. The maximum absolute atomic E-state index is 12.6. The van der Waals surface area contributed by atoms with Gasteiger partial charge in [0.2, 0.25) is 5.91 Å². The molecule has 6 heteroatoms. The fourth-order valence-electron chi connectivity index (χ4n) is 4.71. The van der Waals surface area contributed by atoms with Gasteiger partial charge >= 0.3 is 0 Å². The molecule has 1 saturated carbocycles. The number of aromatic nitrogens is 2. The number of para-hydroxylation sites is 1. The Bertz CT molecular complexity index is 897. The number of nitrogens with one attached hydrogen (secondary N) is 1. The molecule has 1 aliphatic carbocycles. The largest absolute Gasteiger partial charge is 0.355 e. The molecule has 5 rings (SSSR count). The molecule has 27 heavy (non-hydrogen) atoms. The molecule has 0 bridgehead atoms. The Morgan fingerprint density at radius 2 is 2.04 bits per heavy atom. The fraction of sp³-hybridized carbons (Fsp3) is 0.571. The van der Waals surface area contributed by atoms with Gasteiger partial charge in [0.15, 0.2) is 5.78 Å². The van der Waals surface area contributed by atoms with E-state index in [0.717, 1.165) is 55.0 Å². The van der Waals surface area contributed by atoms with E-state index in [0.29, 0.717) is 13.0 Å². The number of hydrogen-bond donors (Lipinski definition) is 1. The molecule has 0 spiro atoms. The summed E-state index contributed by atoms with van der Waals surface area (Å²) in [6, 6.07) is 5.76. The zero-order valence-electron chi connectivity index (χ0n) is 15.6. The number of benzene rings is 1. The van der Waals surface area contributed by atoms with Crippen molar-refractivity contribution in [2.45, 2.75) is 44.6 Å². The lowest BCUT2D eigenvalue weighted by Gasteiger charge is -2.26. The molecule has 1 N–H and O–H groups in total. The van der Waals surface area contributed by atoms with Crippen molar-refractivity contribution in [3.8, 4) is 0 Å². The minimum atomic E-state index is 0.0282. The highest BCUT2D eigenvalue weighted by Crippen LogP contribution is 2.48. The van der Waals surface area contributed by atoms with Crippen LogP contribution in [0.4, 0.5) is 0 Å². The first-order chi connectivity index (χ1) is 13.2. The second kappa shape index (κ2) is 6.75. The average molecular weight is 366 g/mol. The summed E-state index contributed by atoms with van der Waals surface area (Å²) in [5.74, 6) is 1.56. The van der Waals surface area contributed by atoms with Crippen LogP contribution in [-0.4, -0.2) is 52.3 Å². The Kier molecular flexibility index (Phi) is 4.23. The van der Waals surface area contributed by atoms with E-state index in [1.165, 1.54) is 19.3 Å². The van der Waals surface area contributed by atoms with Gasteiger partial charge in [-0.25, -0.2) is 4.98 Å². The molecule has 142 valence electrons. The van der Waals surface area contributed by atoms with Crippen molar-refractivity contribution < 1.29 is 9.59 Å². The highest BCUT2D eigenvalue weighted by atomic mass is 16.2. The molecule has 2 atom stereocenters. The number of nitrogens with zero attached hydrogens (tertiary/aromatic N) is 3. The summed E-state index contributed by atoms with van der Waals surface area (Å²) in [7, 11) is 0. The molecule has 1 aromatic heterocycles. The van der Waals surface area contributed by atoms with Gasteiger partial charge in [-0.1, -0.05) is 12.5 Å². The molecule has 1 amide bonds. The van der Waals surface area contributed by atoms with Gasteiger partial charge in [0.05, 0.1) is 11.0 Å². The third-order valence-electron chi connectivity index (χ3n) is 6.29. The van der Waals surface area contributed by atoms with E-state index in [-0.39, 0.29) is 23.5 Å². The zero-order valence-corrected chi connectivity index (χ0v) is 15.6. The number of ketones is 1. The summed E-state index contributed by atoms with van der Waals surface area (Å²) in [6.07, 6.45) is 5.27. The standard InChI is InChI=1S/C21H26N4O2/c26-18-7-11-25-19-14(18)5-4-6-17(19)23-20(25)15-13-16(15)21(27)22-8-12-24-9-2-1-3-10-24/h4-6,15-16H,1-3,7-13H2,(H,22,27). The van der Waals surface area contributed by atoms with E-state index in [9.17, 15) is 9.59 Å². The normalized spacial score (nSPS) is 25.0. The van der Waals surface area contributed by atoms with Crippen LogP contribution in [0.3, 0.4) is 0 Å². The predicted octanol–water partition coefficient (Wildman–Crippen LogP) is 2.33. The third-order valence-corrected chi connectivity index (χ3v) is 6.29. The molecular weight excluding hydrogens is 340 g/mol. The monoisotopic (exact) mass is 366 g/mol.